The summed E-state index contributed by atoms with van der Waals surface area (Å²) in [4.78, 5) is 0. The normalized spacial score (nSPS) is 12.0. The summed E-state index contributed by atoms with van der Waals surface area (Å²) in [5.74, 6) is -2.57. The van der Waals surface area contributed by atoms with Crippen molar-refractivity contribution >= 4 is 0 Å². The van der Waals surface area contributed by atoms with Crippen LogP contribution in [0.2, 0.25) is 0 Å². The van der Waals surface area contributed by atoms with Gasteiger partial charge in [-0.05, 0) is 6.42 Å². The molecular formula is C6H12F2O. The molecule has 0 bridgehead atoms. The molecule has 0 aromatic carbocycles. The predicted molar refractivity (Wildman–Crippen MR) is 31.6 cm³/mol. The molecule has 0 aliphatic carbocycles. The van der Waals surface area contributed by atoms with Gasteiger partial charge in [-0.25, -0.2) is 8.78 Å². The number of hydrogen-bond acceptors (Lipinski definition) is 1. The van der Waals surface area contributed by atoms with Crippen molar-refractivity contribution in [3.8, 4) is 0 Å². The lowest BCUT2D eigenvalue weighted by Crippen LogP contribution is -2.14. The third-order valence-corrected chi connectivity index (χ3v) is 1.22. The fraction of sp³-hybridized carbons (Fsp3) is 1.00. The maximum Gasteiger partial charge on any atom is 0.248 e. The van der Waals surface area contributed by atoms with E-state index in [0.717, 1.165) is 0 Å². The average molecular weight is 138 g/mol. The molecule has 0 aromatic heterocycles. The van der Waals surface area contributed by atoms with Gasteiger partial charge >= 0.3 is 0 Å². The minimum atomic E-state index is -2.57. The lowest BCUT2D eigenvalue weighted by molar-refractivity contribution is -0.0166. The van der Waals surface area contributed by atoms with Gasteiger partial charge in [0.05, 0.1) is 0 Å². The molecule has 0 saturated heterocycles. The summed E-state index contributed by atoms with van der Waals surface area (Å²) in [5, 5.41) is 8.19. The number of rotatable bonds is 4. The Morgan fingerprint density at radius 3 is 2.33 bits per heavy atom. The summed E-state index contributed by atoms with van der Waals surface area (Å²) >= 11 is 0. The van der Waals surface area contributed by atoms with Crippen molar-refractivity contribution in [1.29, 1.82) is 0 Å². The molecule has 1 N–H and O–H groups in total. The van der Waals surface area contributed by atoms with E-state index in [-0.39, 0.29) is 25.9 Å². The molecule has 0 saturated carbocycles. The zero-order valence-corrected chi connectivity index (χ0v) is 5.53. The largest absolute Gasteiger partial charge is 0.396 e. The first kappa shape index (κ1) is 8.82. The molecule has 3 heteroatoms. The zero-order chi connectivity index (χ0) is 7.33. The van der Waals surface area contributed by atoms with E-state index in [1.807, 2.05) is 0 Å². The monoisotopic (exact) mass is 138 g/mol. The van der Waals surface area contributed by atoms with Crippen LogP contribution in [-0.4, -0.2) is 17.6 Å². The molecule has 0 atom stereocenters. The summed E-state index contributed by atoms with van der Waals surface area (Å²) in [5.41, 5.74) is 0. The van der Waals surface area contributed by atoms with Crippen molar-refractivity contribution in [1.82, 2.24) is 0 Å². The van der Waals surface area contributed by atoms with Crippen molar-refractivity contribution in [3.63, 3.8) is 0 Å². The second kappa shape index (κ2) is 3.77. The van der Waals surface area contributed by atoms with Gasteiger partial charge in [0.2, 0.25) is 5.92 Å². The van der Waals surface area contributed by atoms with Gasteiger partial charge in [0, 0.05) is 19.4 Å². The Labute approximate surface area is 53.7 Å². The zero-order valence-electron chi connectivity index (χ0n) is 5.53. The fourth-order valence-electron chi connectivity index (χ4n) is 0.514. The topological polar surface area (TPSA) is 20.2 Å². The van der Waals surface area contributed by atoms with Crippen LogP contribution in [0.1, 0.15) is 26.2 Å². The first-order valence-electron chi connectivity index (χ1n) is 3.11. The Morgan fingerprint density at radius 1 is 1.44 bits per heavy atom. The molecule has 0 spiro atoms. The van der Waals surface area contributed by atoms with Gasteiger partial charge in [-0.15, -0.1) is 0 Å². The quantitative estimate of drug-likeness (QED) is 0.628. The molecule has 0 heterocycles. The predicted octanol–water partition coefficient (Wildman–Crippen LogP) is 1.80. The minimum absolute atomic E-state index is 0.132. The lowest BCUT2D eigenvalue weighted by Gasteiger charge is -2.11. The SMILES string of the molecule is CCC(F)(F)CCCO. The second-order valence-corrected chi connectivity index (χ2v) is 2.04. The van der Waals surface area contributed by atoms with Gasteiger partial charge in [-0.2, -0.15) is 0 Å². The van der Waals surface area contributed by atoms with Gasteiger partial charge in [-0.3, -0.25) is 0 Å². The van der Waals surface area contributed by atoms with Crippen LogP contribution < -0.4 is 0 Å². The number of aliphatic hydroxyl groups excluding tert-OH is 1. The Kier molecular flexibility index (Phi) is 3.70. The summed E-state index contributed by atoms with van der Waals surface area (Å²) < 4.78 is 24.5. The smallest absolute Gasteiger partial charge is 0.248 e. The van der Waals surface area contributed by atoms with E-state index in [9.17, 15) is 8.78 Å². The molecular weight excluding hydrogens is 126 g/mol. The average Bonchev–Trinajstić information content (AvgIpc) is 1.84. The third kappa shape index (κ3) is 4.33. The second-order valence-electron chi connectivity index (χ2n) is 2.04. The molecule has 0 aliphatic rings. The Bertz CT molecular complexity index is 73.5. The van der Waals surface area contributed by atoms with E-state index in [2.05, 4.69) is 0 Å². The first-order valence-corrected chi connectivity index (χ1v) is 3.11. The molecule has 0 radical (unpaired) electrons. The Morgan fingerprint density at radius 2 is 2.00 bits per heavy atom. The number of hydrogen-bond donors (Lipinski definition) is 1. The molecule has 0 unspecified atom stereocenters. The van der Waals surface area contributed by atoms with E-state index in [4.69, 9.17) is 5.11 Å². The number of aliphatic hydroxyl groups is 1. The van der Waals surface area contributed by atoms with Gasteiger partial charge in [-0.1, -0.05) is 6.92 Å². The lowest BCUT2D eigenvalue weighted by atomic mass is 10.1. The third-order valence-electron chi connectivity index (χ3n) is 1.22. The number of alkyl halides is 2. The van der Waals surface area contributed by atoms with E-state index >= 15 is 0 Å². The standard InChI is InChI=1S/C6H12F2O/c1-2-6(7,8)4-3-5-9/h9H,2-5H2,1H3. The molecule has 0 amide bonds. The molecule has 1 nitrogen and oxygen atoms in total. The van der Waals surface area contributed by atoms with Gasteiger partial charge in [0.15, 0.2) is 0 Å². The maximum atomic E-state index is 12.2. The van der Waals surface area contributed by atoms with Crippen LogP contribution in [-0.2, 0) is 0 Å². The fourth-order valence-corrected chi connectivity index (χ4v) is 0.514. The van der Waals surface area contributed by atoms with Crippen molar-refractivity contribution in [2.75, 3.05) is 6.61 Å². The van der Waals surface area contributed by atoms with E-state index in [0.29, 0.717) is 0 Å². The van der Waals surface area contributed by atoms with Gasteiger partial charge in [0.1, 0.15) is 0 Å². The molecule has 9 heavy (non-hydrogen) atoms. The maximum absolute atomic E-state index is 12.2. The molecule has 0 rings (SSSR count). The molecule has 56 valence electrons. The van der Waals surface area contributed by atoms with Crippen LogP contribution >= 0.6 is 0 Å². The molecule has 0 aromatic rings. The van der Waals surface area contributed by atoms with Crippen LogP contribution in [0.5, 0.6) is 0 Å². The number of halogens is 2. The minimum Gasteiger partial charge on any atom is -0.396 e. The molecule has 0 fully saturated rings. The van der Waals surface area contributed by atoms with E-state index in [1.165, 1.54) is 6.92 Å². The van der Waals surface area contributed by atoms with Crippen LogP contribution in [0.4, 0.5) is 8.78 Å². The summed E-state index contributed by atoms with van der Waals surface area (Å²) in [6, 6.07) is 0. The summed E-state index contributed by atoms with van der Waals surface area (Å²) in [7, 11) is 0. The highest BCUT2D eigenvalue weighted by Gasteiger charge is 2.24. The summed E-state index contributed by atoms with van der Waals surface area (Å²) in [6.45, 7) is 1.30. The van der Waals surface area contributed by atoms with Crippen molar-refractivity contribution in [3.05, 3.63) is 0 Å². The highest BCUT2D eigenvalue weighted by Crippen LogP contribution is 2.23. The van der Waals surface area contributed by atoms with Crippen molar-refractivity contribution in [2.24, 2.45) is 0 Å². The van der Waals surface area contributed by atoms with Crippen molar-refractivity contribution in [2.45, 2.75) is 32.1 Å². The van der Waals surface area contributed by atoms with E-state index < -0.39 is 5.92 Å². The van der Waals surface area contributed by atoms with Crippen LogP contribution in [0, 0.1) is 0 Å². The Balaban J connectivity index is 3.33. The van der Waals surface area contributed by atoms with Crippen molar-refractivity contribution < 1.29 is 13.9 Å². The van der Waals surface area contributed by atoms with Crippen LogP contribution in [0.15, 0.2) is 0 Å². The highest BCUT2D eigenvalue weighted by molar-refractivity contribution is 4.62. The van der Waals surface area contributed by atoms with E-state index in [1.54, 1.807) is 0 Å². The summed E-state index contributed by atoms with van der Waals surface area (Å²) in [6.07, 6.45) is -0.131. The van der Waals surface area contributed by atoms with Crippen LogP contribution in [0.3, 0.4) is 0 Å². The Hall–Kier alpha value is -0.180. The molecule has 0 aliphatic heterocycles. The first-order chi connectivity index (χ1) is 4.12. The van der Waals surface area contributed by atoms with Gasteiger partial charge in [0.25, 0.3) is 0 Å². The van der Waals surface area contributed by atoms with Gasteiger partial charge < -0.3 is 5.11 Å². The highest BCUT2D eigenvalue weighted by atomic mass is 19.3. The van der Waals surface area contributed by atoms with Crippen LogP contribution in [0.25, 0.3) is 0 Å².